The largest absolute Gasteiger partial charge is 0.480 e. The second kappa shape index (κ2) is 16.2. The molecule has 0 spiro atoms. The van der Waals surface area contributed by atoms with Crippen molar-refractivity contribution >= 4 is 38.3 Å². The van der Waals surface area contributed by atoms with E-state index in [1.54, 1.807) is 19.5 Å². The zero-order chi connectivity index (χ0) is 39.8. The highest BCUT2D eigenvalue weighted by molar-refractivity contribution is 7.90. The summed E-state index contributed by atoms with van der Waals surface area (Å²) < 4.78 is 39.1. The minimum absolute atomic E-state index is 0.136. The van der Waals surface area contributed by atoms with E-state index in [1.165, 1.54) is 40.7 Å². The first-order valence-electron chi connectivity index (χ1n) is 20.6. The minimum atomic E-state index is -3.55. The Hall–Kier alpha value is -5.18. The van der Waals surface area contributed by atoms with E-state index in [0.29, 0.717) is 56.5 Å². The van der Waals surface area contributed by atoms with Crippen LogP contribution < -0.4 is 19.5 Å². The van der Waals surface area contributed by atoms with Crippen LogP contribution in [0.5, 0.6) is 11.8 Å². The molecule has 9 rings (SSSR count). The van der Waals surface area contributed by atoms with Gasteiger partial charge in [-0.15, -0.1) is 0 Å². The number of carbonyl (C=O) groups is 1. The Bertz CT molecular complexity index is 2450. The van der Waals surface area contributed by atoms with Gasteiger partial charge in [0.15, 0.2) is 5.82 Å². The van der Waals surface area contributed by atoms with Gasteiger partial charge in [-0.2, -0.15) is 4.98 Å². The zero-order valence-corrected chi connectivity index (χ0v) is 33.9. The molecule has 302 valence electrons. The van der Waals surface area contributed by atoms with Crippen molar-refractivity contribution in [2.24, 2.45) is 5.92 Å². The number of fused-ring (bicyclic) bond motifs is 2. The van der Waals surface area contributed by atoms with Gasteiger partial charge in [0, 0.05) is 43.1 Å². The maximum Gasteiger partial charge on any atom is 0.240 e. The fourth-order valence-electron chi connectivity index (χ4n) is 8.88. The summed E-state index contributed by atoms with van der Waals surface area (Å²) in [5.74, 6) is 0.944. The molecule has 2 saturated heterocycles. The van der Waals surface area contributed by atoms with E-state index < -0.39 is 15.3 Å². The van der Waals surface area contributed by atoms with Gasteiger partial charge in [0.2, 0.25) is 27.7 Å². The molecule has 3 aromatic heterocycles. The standard InChI is InChI=1S/C44H50N8O5S/c1-3-32-33(34-8-6-10-36-35(34)14-15-39(36)57-40-24-46-38(44(49-40)56-2)27-51-19-4-5-20-51)9-7-11-37(32)48-42-41-29(16-18-45-42)22-28(23-47-41)25-52-21-17-30(26-52)43(53)50-58(54,55)31-12-13-31/h6-11,16,18,22-24,30-31,39H,3-5,12-15,17,19-21,25-27H2,1-2H3,(H,45,48)(H,50,53)/t30-,39-/m1/s1. The molecule has 14 heteroatoms. The molecule has 0 radical (unpaired) electrons. The molecule has 1 amide bonds. The molecule has 13 nitrogen and oxygen atoms in total. The number of nitrogens with one attached hydrogen (secondary N) is 2. The fourth-order valence-corrected chi connectivity index (χ4v) is 10.3. The number of rotatable bonds is 14. The lowest BCUT2D eigenvalue weighted by molar-refractivity contribution is -0.122. The molecule has 2 aromatic carbocycles. The lowest BCUT2D eigenvalue weighted by Gasteiger charge is -2.19. The molecule has 5 aromatic rings. The average molecular weight is 803 g/mol. The van der Waals surface area contributed by atoms with Gasteiger partial charge in [-0.1, -0.05) is 37.3 Å². The Kier molecular flexibility index (Phi) is 10.7. The Labute approximate surface area is 339 Å². The lowest BCUT2D eigenvalue weighted by Crippen LogP contribution is -2.38. The molecule has 4 aliphatic rings. The van der Waals surface area contributed by atoms with Crippen molar-refractivity contribution in [3.8, 4) is 22.9 Å². The quantitative estimate of drug-likeness (QED) is 0.126. The normalized spacial score (nSPS) is 19.7. The lowest BCUT2D eigenvalue weighted by atomic mass is 9.91. The number of hydrogen-bond donors (Lipinski definition) is 2. The van der Waals surface area contributed by atoms with Crippen LogP contribution in [0.3, 0.4) is 0 Å². The molecule has 2 aliphatic heterocycles. The van der Waals surface area contributed by atoms with Crippen molar-refractivity contribution in [1.29, 1.82) is 0 Å². The summed E-state index contributed by atoms with van der Waals surface area (Å²) in [5, 5.41) is 4.18. The summed E-state index contributed by atoms with van der Waals surface area (Å²) in [6.45, 7) is 6.91. The van der Waals surface area contributed by atoms with E-state index in [0.717, 1.165) is 66.7 Å². The van der Waals surface area contributed by atoms with Gasteiger partial charge in [0.1, 0.15) is 17.3 Å². The number of carbonyl (C=O) groups excluding carboxylic acids is 1. The molecule has 2 atom stereocenters. The van der Waals surface area contributed by atoms with Crippen molar-refractivity contribution in [2.75, 3.05) is 38.6 Å². The van der Waals surface area contributed by atoms with Gasteiger partial charge in [-0.25, -0.2) is 18.4 Å². The number of sulfonamides is 1. The van der Waals surface area contributed by atoms with Crippen molar-refractivity contribution < 1.29 is 22.7 Å². The van der Waals surface area contributed by atoms with Gasteiger partial charge in [-0.05, 0) is 123 Å². The fraction of sp³-hybridized carbons (Fsp3) is 0.432. The van der Waals surface area contributed by atoms with Crippen LogP contribution in [-0.2, 0) is 40.7 Å². The van der Waals surface area contributed by atoms with Crippen molar-refractivity contribution in [3.05, 3.63) is 95.1 Å². The number of methoxy groups -OCH3 is 1. The summed E-state index contributed by atoms with van der Waals surface area (Å²) in [4.78, 5) is 36.3. The van der Waals surface area contributed by atoms with Crippen LogP contribution in [0, 0.1) is 5.92 Å². The van der Waals surface area contributed by atoms with Crippen LogP contribution in [-0.4, -0.2) is 82.6 Å². The van der Waals surface area contributed by atoms with Crippen molar-refractivity contribution in [2.45, 2.75) is 82.7 Å². The van der Waals surface area contributed by atoms with Gasteiger partial charge in [-0.3, -0.25) is 24.3 Å². The van der Waals surface area contributed by atoms with E-state index in [9.17, 15) is 13.2 Å². The topological polar surface area (TPSA) is 152 Å². The second-order valence-electron chi connectivity index (χ2n) is 16.0. The third-order valence-electron chi connectivity index (χ3n) is 12.0. The Balaban J connectivity index is 0.899. The number of benzene rings is 2. The molecule has 3 fully saturated rings. The molecule has 5 heterocycles. The summed E-state index contributed by atoms with van der Waals surface area (Å²) in [6, 6.07) is 17.0. The first-order chi connectivity index (χ1) is 28.3. The Morgan fingerprint density at radius 3 is 2.55 bits per heavy atom. The highest BCUT2D eigenvalue weighted by Crippen LogP contribution is 2.42. The Morgan fingerprint density at radius 1 is 0.914 bits per heavy atom. The molecule has 58 heavy (non-hydrogen) atoms. The highest BCUT2D eigenvalue weighted by Gasteiger charge is 2.39. The van der Waals surface area contributed by atoms with Crippen LogP contribution in [0.1, 0.15) is 79.5 Å². The first-order valence-corrected chi connectivity index (χ1v) is 22.1. The minimum Gasteiger partial charge on any atom is -0.480 e. The molecule has 1 saturated carbocycles. The van der Waals surface area contributed by atoms with Crippen molar-refractivity contribution in [3.63, 3.8) is 0 Å². The van der Waals surface area contributed by atoms with Gasteiger partial charge in [0.25, 0.3) is 0 Å². The van der Waals surface area contributed by atoms with Crippen LogP contribution in [0.4, 0.5) is 11.5 Å². The molecule has 0 unspecified atom stereocenters. The zero-order valence-electron chi connectivity index (χ0n) is 33.1. The monoisotopic (exact) mass is 802 g/mol. The third kappa shape index (κ3) is 7.97. The Morgan fingerprint density at radius 2 is 1.74 bits per heavy atom. The number of hydrogen-bond acceptors (Lipinski definition) is 12. The van der Waals surface area contributed by atoms with Crippen LogP contribution in [0.25, 0.3) is 22.0 Å². The number of aromatic nitrogens is 4. The SMILES string of the molecule is CCc1c(Nc2nccc3cc(CN4CC[C@@H](C(=O)NS(=O)(=O)C5CC5)C4)cnc23)cccc1-c1cccc2c1CC[C@H]2Oc1cnc(CN2CCCC2)c(OC)n1. The van der Waals surface area contributed by atoms with Gasteiger partial charge in [0.05, 0.1) is 24.5 Å². The van der Waals surface area contributed by atoms with Crippen molar-refractivity contribution in [1.82, 2.24) is 34.5 Å². The van der Waals surface area contributed by atoms with Crippen LogP contribution >= 0.6 is 0 Å². The molecule has 2 N–H and O–H groups in total. The third-order valence-corrected chi connectivity index (χ3v) is 13.9. The summed E-state index contributed by atoms with van der Waals surface area (Å²) in [6.07, 6.45) is 12.1. The first kappa shape index (κ1) is 38.3. The average Bonchev–Trinajstić information content (AvgIpc) is 3.57. The molecular weight excluding hydrogens is 753 g/mol. The van der Waals surface area contributed by atoms with E-state index in [2.05, 4.69) is 69.2 Å². The predicted octanol–water partition coefficient (Wildman–Crippen LogP) is 6.49. The molecular formula is C44H50N8O5S. The summed E-state index contributed by atoms with van der Waals surface area (Å²) >= 11 is 0. The summed E-state index contributed by atoms with van der Waals surface area (Å²) in [7, 11) is -1.90. The number of amides is 1. The summed E-state index contributed by atoms with van der Waals surface area (Å²) in [5.41, 5.74) is 9.64. The number of ether oxygens (including phenoxy) is 2. The maximum absolute atomic E-state index is 12.7. The number of nitrogens with zero attached hydrogens (tertiary/aromatic N) is 6. The smallest absolute Gasteiger partial charge is 0.240 e. The van der Waals surface area contributed by atoms with E-state index >= 15 is 0 Å². The van der Waals surface area contributed by atoms with Gasteiger partial charge >= 0.3 is 0 Å². The van der Waals surface area contributed by atoms with E-state index in [4.69, 9.17) is 29.4 Å². The maximum atomic E-state index is 12.7. The van der Waals surface area contributed by atoms with E-state index in [1.807, 2.05) is 12.3 Å². The van der Waals surface area contributed by atoms with Crippen LogP contribution in [0.2, 0.25) is 0 Å². The van der Waals surface area contributed by atoms with Gasteiger partial charge < -0.3 is 14.8 Å². The molecule has 0 bridgehead atoms. The highest BCUT2D eigenvalue weighted by atomic mass is 32.2. The van der Waals surface area contributed by atoms with Crippen LogP contribution in [0.15, 0.2) is 67.1 Å². The molecule has 2 aliphatic carbocycles. The number of anilines is 2. The number of likely N-dealkylation sites (tertiary alicyclic amines) is 2. The predicted molar refractivity (Wildman–Crippen MR) is 222 cm³/mol. The van der Waals surface area contributed by atoms with E-state index in [-0.39, 0.29) is 17.9 Å². The number of pyridine rings is 2. The second-order valence-corrected chi connectivity index (χ2v) is 17.9.